The quantitative estimate of drug-likeness (QED) is 0.649. The fourth-order valence-electron chi connectivity index (χ4n) is 2.17. The van der Waals surface area contributed by atoms with Gasteiger partial charge in [0, 0.05) is 18.4 Å². The van der Waals surface area contributed by atoms with Crippen LogP contribution in [-0.4, -0.2) is 37.7 Å². The van der Waals surface area contributed by atoms with E-state index < -0.39 is 0 Å². The molecule has 6 nitrogen and oxygen atoms in total. The third-order valence-corrected chi connectivity index (χ3v) is 3.57. The largest absolute Gasteiger partial charge is 0.497 e. The maximum atomic E-state index is 12.1. The van der Waals surface area contributed by atoms with E-state index in [0.717, 1.165) is 36.6 Å². The van der Waals surface area contributed by atoms with Gasteiger partial charge >= 0.3 is 0 Å². The van der Waals surface area contributed by atoms with Gasteiger partial charge in [0.1, 0.15) is 23.8 Å². The van der Waals surface area contributed by atoms with Gasteiger partial charge in [-0.25, -0.2) is 0 Å². The number of aromatic nitrogens is 1. The summed E-state index contributed by atoms with van der Waals surface area (Å²) in [4.78, 5) is 16.3. The van der Waals surface area contributed by atoms with Gasteiger partial charge in [-0.15, -0.1) is 0 Å². The normalized spacial score (nSPS) is 10.2. The molecule has 0 atom stereocenters. The molecule has 0 spiro atoms. The van der Waals surface area contributed by atoms with Gasteiger partial charge < -0.3 is 20.1 Å². The number of nitrogens with one attached hydrogen (secondary N) is 2. The summed E-state index contributed by atoms with van der Waals surface area (Å²) in [6.07, 6.45) is 3.85. The molecule has 0 aliphatic heterocycles. The van der Waals surface area contributed by atoms with E-state index in [1.54, 1.807) is 19.4 Å². The molecule has 6 heteroatoms. The zero-order valence-corrected chi connectivity index (χ0v) is 14.7. The lowest BCUT2D eigenvalue weighted by Crippen LogP contribution is -2.28. The first-order valence-corrected chi connectivity index (χ1v) is 8.48. The Balaban J connectivity index is 1.74. The molecule has 1 aromatic carbocycles. The summed E-state index contributed by atoms with van der Waals surface area (Å²) in [5.74, 6) is 1.30. The highest BCUT2D eigenvalue weighted by Crippen LogP contribution is 2.16. The second kappa shape index (κ2) is 10.2. The Bertz CT molecular complexity index is 659. The van der Waals surface area contributed by atoms with E-state index in [1.807, 2.05) is 30.3 Å². The minimum absolute atomic E-state index is 0.211. The lowest BCUT2D eigenvalue weighted by Gasteiger charge is -2.09. The Kier molecular flexibility index (Phi) is 7.56. The predicted octanol–water partition coefficient (Wildman–Crippen LogP) is 3.11. The molecule has 0 radical (unpaired) electrons. The van der Waals surface area contributed by atoms with Gasteiger partial charge in [0.05, 0.1) is 13.7 Å². The molecule has 0 fully saturated rings. The molecule has 0 aliphatic rings. The van der Waals surface area contributed by atoms with E-state index in [2.05, 4.69) is 22.5 Å². The maximum Gasteiger partial charge on any atom is 0.270 e. The second-order valence-corrected chi connectivity index (χ2v) is 5.49. The van der Waals surface area contributed by atoms with Crippen molar-refractivity contribution in [2.45, 2.75) is 19.8 Å². The maximum absolute atomic E-state index is 12.1. The van der Waals surface area contributed by atoms with Crippen LogP contribution in [0.2, 0.25) is 0 Å². The molecule has 1 aromatic heterocycles. The average Bonchev–Trinajstić information content (AvgIpc) is 2.66. The van der Waals surface area contributed by atoms with E-state index >= 15 is 0 Å². The fraction of sp³-hybridized carbons (Fsp3) is 0.368. The number of unbranched alkanes of at least 4 members (excludes halogenated alkanes) is 1. The van der Waals surface area contributed by atoms with Crippen LogP contribution in [-0.2, 0) is 0 Å². The van der Waals surface area contributed by atoms with Crippen molar-refractivity contribution in [3.05, 3.63) is 48.3 Å². The molecular formula is C19H25N3O3. The van der Waals surface area contributed by atoms with Crippen LogP contribution in [0.3, 0.4) is 0 Å². The number of carbonyl (C=O) groups excluding carboxylic acids is 1. The second-order valence-electron chi connectivity index (χ2n) is 5.49. The number of rotatable bonds is 10. The van der Waals surface area contributed by atoms with E-state index in [-0.39, 0.29) is 5.91 Å². The molecule has 0 unspecified atom stereocenters. The summed E-state index contributed by atoms with van der Waals surface area (Å²) >= 11 is 0. The summed E-state index contributed by atoms with van der Waals surface area (Å²) < 4.78 is 10.7. The van der Waals surface area contributed by atoms with Crippen LogP contribution in [0.5, 0.6) is 11.5 Å². The number of ether oxygens (including phenoxy) is 2. The Morgan fingerprint density at radius 2 is 1.88 bits per heavy atom. The molecule has 0 bridgehead atoms. The topological polar surface area (TPSA) is 72.5 Å². The SMILES string of the molecule is CCCCNc1ccnc(C(=O)NCCOc2ccc(OC)cc2)c1. The number of amides is 1. The van der Waals surface area contributed by atoms with Gasteiger partial charge in [-0.2, -0.15) is 0 Å². The molecule has 25 heavy (non-hydrogen) atoms. The van der Waals surface area contributed by atoms with Crippen molar-refractivity contribution in [1.82, 2.24) is 10.3 Å². The minimum Gasteiger partial charge on any atom is -0.497 e. The van der Waals surface area contributed by atoms with Crippen molar-refractivity contribution >= 4 is 11.6 Å². The number of anilines is 1. The number of pyridine rings is 1. The van der Waals surface area contributed by atoms with E-state index in [1.165, 1.54) is 0 Å². The molecule has 0 saturated carbocycles. The average molecular weight is 343 g/mol. The smallest absolute Gasteiger partial charge is 0.270 e. The van der Waals surface area contributed by atoms with Crippen molar-refractivity contribution in [2.24, 2.45) is 0 Å². The van der Waals surface area contributed by atoms with Crippen molar-refractivity contribution in [2.75, 3.05) is 32.1 Å². The van der Waals surface area contributed by atoms with Crippen molar-refractivity contribution in [3.8, 4) is 11.5 Å². The number of hydrogen-bond donors (Lipinski definition) is 2. The van der Waals surface area contributed by atoms with Crippen LogP contribution >= 0.6 is 0 Å². The molecule has 134 valence electrons. The zero-order chi connectivity index (χ0) is 17.9. The lowest BCUT2D eigenvalue weighted by molar-refractivity contribution is 0.0942. The standard InChI is InChI=1S/C19H25N3O3/c1-3-4-10-20-15-9-11-21-18(14-15)19(23)22-12-13-25-17-7-5-16(24-2)6-8-17/h5-9,11,14H,3-4,10,12-13H2,1-2H3,(H,20,21)(H,22,23). The summed E-state index contributed by atoms with van der Waals surface area (Å²) in [7, 11) is 1.62. The van der Waals surface area contributed by atoms with Crippen molar-refractivity contribution in [3.63, 3.8) is 0 Å². The Labute approximate surface area is 148 Å². The van der Waals surface area contributed by atoms with E-state index in [4.69, 9.17) is 9.47 Å². The highest BCUT2D eigenvalue weighted by molar-refractivity contribution is 5.93. The Morgan fingerprint density at radius 1 is 1.12 bits per heavy atom. The molecule has 2 aromatic rings. The molecule has 1 amide bonds. The summed E-state index contributed by atoms with van der Waals surface area (Å²) in [6.45, 7) is 3.81. The van der Waals surface area contributed by atoms with Gasteiger partial charge in [0.25, 0.3) is 5.91 Å². The van der Waals surface area contributed by atoms with Crippen LogP contribution in [0.25, 0.3) is 0 Å². The minimum atomic E-state index is -0.211. The van der Waals surface area contributed by atoms with Crippen LogP contribution in [0, 0.1) is 0 Å². The van der Waals surface area contributed by atoms with Gasteiger partial charge in [0.15, 0.2) is 0 Å². The van der Waals surface area contributed by atoms with Gasteiger partial charge in [-0.3, -0.25) is 9.78 Å². The third kappa shape index (κ3) is 6.33. The van der Waals surface area contributed by atoms with Crippen LogP contribution < -0.4 is 20.1 Å². The number of hydrogen-bond acceptors (Lipinski definition) is 5. The van der Waals surface area contributed by atoms with Gasteiger partial charge in [-0.05, 0) is 42.8 Å². The lowest BCUT2D eigenvalue weighted by atomic mass is 10.3. The highest BCUT2D eigenvalue weighted by Gasteiger charge is 2.07. The molecule has 2 rings (SSSR count). The van der Waals surface area contributed by atoms with Crippen molar-refractivity contribution < 1.29 is 14.3 Å². The zero-order valence-electron chi connectivity index (χ0n) is 14.7. The Hall–Kier alpha value is -2.76. The predicted molar refractivity (Wildman–Crippen MR) is 98.5 cm³/mol. The van der Waals surface area contributed by atoms with Crippen LogP contribution in [0.15, 0.2) is 42.6 Å². The Morgan fingerprint density at radius 3 is 2.60 bits per heavy atom. The van der Waals surface area contributed by atoms with Gasteiger partial charge in [0.2, 0.25) is 0 Å². The number of nitrogens with zero attached hydrogens (tertiary/aromatic N) is 1. The number of carbonyl (C=O) groups is 1. The van der Waals surface area contributed by atoms with Gasteiger partial charge in [-0.1, -0.05) is 13.3 Å². The molecule has 1 heterocycles. The molecular weight excluding hydrogens is 318 g/mol. The number of benzene rings is 1. The molecule has 0 saturated heterocycles. The fourth-order valence-corrected chi connectivity index (χ4v) is 2.17. The molecule has 2 N–H and O–H groups in total. The van der Waals surface area contributed by atoms with E-state index in [0.29, 0.717) is 18.8 Å². The van der Waals surface area contributed by atoms with Crippen LogP contribution in [0.1, 0.15) is 30.3 Å². The highest BCUT2D eigenvalue weighted by atomic mass is 16.5. The molecule has 0 aliphatic carbocycles. The van der Waals surface area contributed by atoms with Crippen LogP contribution in [0.4, 0.5) is 5.69 Å². The first-order chi connectivity index (χ1) is 12.2. The van der Waals surface area contributed by atoms with Crippen molar-refractivity contribution in [1.29, 1.82) is 0 Å². The number of methoxy groups -OCH3 is 1. The third-order valence-electron chi connectivity index (χ3n) is 3.57. The monoisotopic (exact) mass is 343 g/mol. The summed E-state index contributed by atoms with van der Waals surface area (Å²) in [5.41, 5.74) is 1.30. The summed E-state index contributed by atoms with van der Waals surface area (Å²) in [5, 5.41) is 6.09. The van der Waals surface area contributed by atoms with E-state index in [9.17, 15) is 4.79 Å². The first-order valence-electron chi connectivity index (χ1n) is 8.48. The first kappa shape index (κ1) is 18.6. The summed E-state index contributed by atoms with van der Waals surface area (Å²) in [6, 6.07) is 10.9.